The number of nitrogens with two attached hydrogens (primary N) is 1. The summed E-state index contributed by atoms with van der Waals surface area (Å²) in [6.07, 6.45) is 3.45. The van der Waals surface area contributed by atoms with E-state index in [0.717, 1.165) is 10.8 Å². The molecule has 1 aliphatic heterocycles. The number of aromatic nitrogens is 1. The van der Waals surface area contributed by atoms with Crippen molar-refractivity contribution >= 4 is 16.6 Å². The first-order chi connectivity index (χ1) is 8.77. The molecule has 2 unspecified atom stereocenters. The number of carbonyl (C=O) groups excluding carboxylic acids is 1. The van der Waals surface area contributed by atoms with E-state index in [0.29, 0.717) is 18.8 Å². The van der Waals surface area contributed by atoms with Crippen molar-refractivity contribution in [3.63, 3.8) is 0 Å². The van der Waals surface area contributed by atoms with Gasteiger partial charge in [-0.2, -0.15) is 0 Å². The summed E-state index contributed by atoms with van der Waals surface area (Å²) in [5, 5.41) is 1.90. The van der Waals surface area contributed by atoms with E-state index < -0.39 is 0 Å². The highest BCUT2D eigenvalue weighted by molar-refractivity contribution is 6.09. The predicted molar refractivity (Wildman–Crippen MR) is 68.4 cm³/mol. The molecule has 1 saturated heterocycles. The fourth-order valence-electron chi connectivity index (χ4n) is 2.37. The smallest absolute Gasteiger partial charge is 0.170 e. The van der Waals surface area contributed by atoms with Crippen LogP contribution in [-0.4, -0.2) is 30.0 Å². The number of nitrogens with zero attached hydrogens (tertiary/aromatic N) is 1. The van der Waals surface area contributed by atoms with E-state index in [4.69, 9.17) is 10.5 Å². The zero-order valence-electron chi connectivity index (χ0n) is 9.87. The molecule has 3 rings (SSSR count). The number of hydrogen-bond donors (Lipinski definition) is 1. The Kier molecular flexibility index (Phi) is 2.81. The SMILES string of the molecule is NC1COCC1C(=O)c1cccc2ccncc12. The summed E-state index contributed by atoms with van der Waals surface area (Å²) in [7, 11) is 0. The fraction of sp³-hybridized carbons (Fsp3) is 0.286. The van der Waals surface area contributed by atoms with Gasteiger partial charge in [0, 0.05) is 29.4 Å². The van der Waals surface area contributed by atoms with E-state index in [2.05, 4.69) is 4.98 Å². The van der Waals surface area contributed by atoms with Crippen LogP contribution in [0.25, 0.3) is 10.8 Å². The van der Waals surface area contributed by atoms with Crippen LogP contribution in [0.1, 0.15) is 10.4 Å². The van der Waals surface area contributed by atoms with E-state index in [1.54, 1.807) is 12.4 Å². The Morgan fingerprint density at radius 3 is 3.00 bits per heavy atom. The Labute approximate surface area is 105 Å². The molecule has 2 atom stereocenters. The van der Waals surface area contributed by atoms with Crippen LogP contribution in [0, 0.1) is 5.92 Å². The van der Waals surface area contributed by atoms with Crippen molar-refractivity contribution in [2.45, 2.75) is 6.04 Å². The first kappa shape index (κ1) is 11.3. The van der Waals surface area contributed by atoms with Crippen molar-refractivity contribution in [3.8, 4) is 0 Å². The molecule has 18 heavy (non-hydrogen) atoms. The quantitative estimate of drug-likeness (QED) is 0.808. The van der Waals surface area contributed by atoms with Crippen LogP contribution >= 0.6 is 0 Å². The van der Waals surface area contributed by atoms with Crippen molar-refractivity contribution < 1.29 is 9.53 Å². The molecular formula is C14H14N2O2. The number of ether oxygens (including phenoxy) is 1. The van der Waals surface area contributed by atoms with E-state index in [1.165, 1.54) is 0 Å². The molecule has 0 spiro atoms. The van der Waals surface area contributed by atoms with Gasteiger partial charge in [-0.25, -0.2) is 0 Å². The van der Waals surface area contributed by atoms with Crippen LogP contribution in [0.5, 0.6) is 0 Å². The van der Waals surface area contributed by atoms with E-state index in [1.807, 2.05) is 24.3 Å². The van der Waals surface area contributed by atoms with Crippen LogP contribution in [-0.2, 0) is 4.74 Å². The first-order valence-corrected chi connectivity index (χ1v) is 5.97. The Morgan fingerprint density at radius 2 is 2.22 bits per heavy atom. The number of fused-ring (bicyclic) bond motifs is 1. The van der Waals surface area contributed by atoms with Crippen molar-refractivity contribution in [3.05, 3.63) is 42.2 Å². The minimum atomic E-state index is -0.240. The lowest BCUT2D eigenvalue weighted by Crippen LogP contribution is -2.34. The molecule has 2 N–H and O–H groups in total. The molecule has 0 radical (unpaired) electrons. The Morgan fingerprint density at radius 1 is 1.33 bits per heavy atom. The van der Waals surface area contributed by atoms with Gasteiger partial charge in [0.25, 0.3) is 0 Å². The van der Waals surface area contributed by atoms with Crippen LogP contribution < -0.4 is 5.73 Å². The molecule has 4 heteroatoms. The molecule has 1 aromatic heterocycles. The van der Waals surface area contributed by atoms with Gasteiger partial charge in [0.05, 0.1) is 19.1 Å². The molecule has 2 heterocycles. The lowest BCUT2D eigenvalue weighted by atomic mass is 9.91. The van der Waals surface area contributed by atoms with Gasteiger partial charge < -0.3 is 10.5 Å². The third kappa shape index (κ3) is 1.79. The number of rotatable bonds is 2. The lowest BCUT2D eigenvalue weighted by Gasteiger charge is -2.13. The van der Waals surface area contributed by atoms with Gasteiger partial charge in [0.15, 0.2) is 5.78 Å². The number of pyridine rings is 1. The lowest BCUT2D eigenvalue weighted by molar-refractivity contribution is 0.0897. The monoisotopic (exact) mass is 242 g/mol. The van der Waals surface area contributed by atoms with Crippen LogP contribution in [0.3, 0.4) is 0 Å². The third-order valence-electron chi connectivity index (χ3n) is 3.41. The Balaban J connectivity index is 2.06. The van der Waals surface area contributed by atoms with Gasteiger partial charge in [-0.05, 0) is 11.5 Å². The second kappa shape index (κ2) is 4.48. The summed E-state index contributed by atoms with van der Waals surface area (Å²) < 4.78 is 5.26. The van der Waals surface area contributed by atoms with Crippen molar-refractivity contribution in [2.24, 2.45) is 11.7 Å². The minimum Gasteiger partial charge on any atom is -0.379 e. The molecule has 4 nitrogen and oxygen atoms in total. The third-order valence-corrected chi connectivity index (χ3v) is 3.41. The molecule has 2 aromatic rings. The number of hydrogen-bond acceptors (Lipinski definition) is 4. The first-order valence-electron chi connectivity index (χ1n) is 5.97. The standard InChI is InChI=1S/C14H14N2O2/c15-13-8-18-7-12(13)14(17)10-3-1-2-9-4-5-16-6-11(9)10/h1-6,12-13H,7-8,15H2. The molecular weight excluding hydrogens is 228 g/mol. The zero-order chi connectivity index (χ0) is 12.5. The molecule has 0 aliphatic carbocycles. The molecule has 0 amide bonds. The number of carbonyl (C=O) groups is 1. The van der Waals surface area contributed by atoms with Crippen LogP contribution in [0.2, 0.25) is 0 Å². The van der Waals surface area contributed by atoms with Gasteiger partial charge >= 0.3 is 0 Å². The Bertz CT molecular complexity index is 592. The summed E-state index contributed by atoms with van der Waals surface area (Å²) in [6, 6.07) is 7.38. The van der Waals surface area contributed by atoms with Crippen LogP contribution in [0.4, 0.5) is 0 Å². The molecule has 0 bridgehead atoms. The van der Waals surface area contributed by atoms with Gasteiger partial charge in [0.2, 0.25) is 0 Å². The number of benzene rings is 1. The van der Waals surface area contributed by atoms with Crippen molar-refractivity contribution in [1.29, 1.82) is 0 Å². The number of ketones is 1. The average molecular weight is 242 g/mol. The molecule has 92 valence electrons. The Hall–Kier alpha value is -1.78. The van der Waals surface area contributed by atoms with Crippen LogP contribution in [0.15, 0.2) is 36.7 Å². The van der Waals surface area contributed by atoms with Gasteiger partial charge in [-0.1, -0.05) is 18.2 Å². The highest BCUT2D eigenvalue weighted by Crippen LogP contribution is 2.23. The molecule has 1 fully saturated rings. The maximum absolute atomic E-state index is 12.5. The van der Waals surface area contributed by atoms with E-state index in [9.17, 15) is 4.79 Å². The average Bonchev–Trinajstić information content (AvgIpc) is 2.83. The minimum absolute atomic E-state index is 0.0543. The maximum Gasteiger partial charge on any atom is 0.170 e. The predicted octanol–water partition coefficient (Wildman–Crippen LogP) is 1.39. The van der Waals surface area contributed by atoms with Gasteiger partial charge in [0.1, 0.15) is 0 Å². The maximum atomic E-state index is 12.5. The summed E-state index contributed by atoms with van der Waals surface area (Å²) >= 11 is 0. The second-order valence-corrected chi connectivity index (χ2v) is 4.57. The largest absolute Gasteiger partial charge is 0.379 e. The highest BCUT2D eigenvalue weighted by Gasteiger charge is 2.32. The van der Waals surface area contributed by atoms with Gasteiger partial charge in [-0.15, -0.1) is 0 Å². The summed E-state index contributed by atoms with van der Waals surface area (Å²) in [5.41, 5.74) is 6.59. The molecule has 1 aliphatic rings. The summed E-state index contributed by atoms with van der Waals surface area (Å²) in [5.74, 6) is -0.186. The van der Waals surface area contributed by atoms with E-state index >= 15 is 0 Å². The summed E-state index contributed by atoms with van der Waals surface area (Å²) in [6.45, 7) is 0.871. The topological polar surface area (TPSA) is 65.2 Å². The van der Waals surface area contributed by atoms with Crippen molar-refractivity contribution in [1.82, 2.24) is 4.98 Å². The molecule has 1 aromatic carbocycles. The van der Waals surface area contributed by atoms with E-state index in [-0.39, 0.29) is 17.7 Å². The van der Waals surface area contributed by atoms with Crippen molar-refractivity contribution in [2.75, 3.05) is 13.2 Å². The molecule has 0 saturated carbocycles. The summed E-state index contributed by atoms with van der Waals surface area (Å²) in [4.78, 5) is 16.6. The zero-order valence-corrected chi connectivity index (χ0v) is 9.87. The fourth-order valence-corrected chi connectivity index (χ4v) is 2.37. The second-order valence-electron chi connectivity index (χ2n) is 4.57. The van der Waals surface area contributed by atoms with Gasteiger partial charge in [-0.3, -0.25) is 9.78 Å². The number of Topliss-reactive ketones (excluding diaryl/α,β-unsaturated/α-hetero) is 1. The highest BCUT2D eigenvalue weighted by atomic mass is 16.5. The normalized spacial score (nSPS) is 23.4.